The van der Waals surface area contributed by atoms with Gasteiger partial charge in [0.2, 0.25) is 0 Å². The number of rotatable bonds is 2. The Bertz CT molecular complexity index is 505. The molecular formula is C12H14ClN3. The highest BCUT2D eigenvalue weighted by Crippen LogP contribution is 2.27. The minimum atomic E-state index is -0.220. The number of hydrogen-bond acceptors (Lipinski definition) is 2. The monoisotopic (exact) mass is 235 g/mol. The molecule has 2 aromatic rings. The zero-order valence-corrected chi connectivity index (χ0v) is 10.1. The SMILES string of the molecule is Cc1nn(C)cc1C(N)c1ccccc1Cl. The first-order valence-electron chi connectivity index (χ1n) is 5.09. The van der Waals surface area contributed by atoms with E-state index in [4.69, 9.17) is 17.3 Å². The number of nitrogens with two attached hydrogens (primary N) is 1. The summed E-state index contributed by atoms with van der Waals surface area (Å²) in [6, 6.07) is 7.41. The molecule has 0 spiro atoms. The van der Waals surface area contributed by atoms with Crippen molar-refractivity contribution in [2.75, 3.05) is 0 Å². The molecule has 0 aliphatic rings. The summed E-state index contributed by atoms with van der Waals surface area (Å²) in [6.45, 7) is 1.95. The standard InChI is InChI=1S/C12H14ClN3/c1-8-10(7-16(2)15-8)12(14)9-5-3-4-6-11(9)13/h3-7,12H,14H2,1-2H3. The second kappa shape index (κ2) is 4.28. The van der Waals surface area contributed by atoms with Crippen molar-refractivity contribution in [3.8, 4) is 0 Å². The van der Waals surface area contributed by atoms with E-state index in [-0.39, 0.29) is 6.04 Å². The van der Waals surface area contributed by atoms with E-state index in [2.05, 4.69) is 5.10 Å². The van der Waals surface area contributed by atoms with Crippen molar-refractivity contribution in [1.29, 1.82) is 0 Å². The summed E-state index contributed by atoms with van der Waals surface area (Å²) in [5.41, 5.74) is 9.07. The molecule has 0 amide bonds. The van der Waals surface area contributed by atoms with E-state index >= 15 is 0 Å². The maximum atomic E-state index is 6.19. The predicted molar refractivity (Wildman–Crippen MR) is 65.4 cm³/mol. The highest BCUT2D eigenvalue weighted by molar-refractivity contribution is 6.31. The highest BCUT2D eigenvalue weighted by Gasteiger charge is 2.16. The number of halogens is 1. The Kier molecular flexibility index (Phi) is 2.99. The molecule has 2 N–H and O–H groups in total. The third-order valence-corrected chi connectivity index (χ3v) is 2.97. The van der Waals surface area contributed by atoms with Gasteiger partial charge in [-0.15, -0.1) is 0 Å². The van der Waals surface area contributed by atoms with Gasteiger partial charge in [0, 0.05) is 23.8 Å². The Morgan fingerprint density at radius 3 is 2.56 bits per heavy atom. The van der Waals surface area contributed by atoms with Crippen LogP contribution in [-0.2, 0) is 7.05 Å². The van der Waals surface area contributed by atoms with Crippen LogP contribution in [0, 0.1) is 6.92 Å². The van der Waals surface area contributed by atoms with Gasteiger partial charge in [-0.1, -0.05) is 29.8 Å². The molecule has 3 nitrogen and oxygen atoms in total. The Hall–Kier alpha value is -1.32. The van der Waals surface area contributed by atoms with Gasteiger partial charge in [0.05, 0.1) is 11.7 Å². The molecule has 1 unspecified atom stereocenters. The zero-order valence-electron chi connectivity index (χ0n) is 9.31. The van der Waals surface area contributed by atoms with Crippen molar-refractivity contribution >= 4 is 11.6 Å². The van der Waals surface area contributed by atoms with Crippen molar-refractivity contribution < 1.29 is 0 Å². The molecule has 0 fully saturated rings. The van der Waals surface area contributed by atoms with Gasteiger partial charge in [0.1, 0.15) is 0 Å². The zero-order chi connectivity index (χ0) is 11.7. The molecule has 0 saturated heterocycles. The molecule has 0 aliphatic carbocycles. The van der Waals surface area contributed by atoms with E-state index < -0.39 is 0 Å². The van der Waals surface area contributed by atoms with E-state index in [0.717, 1.165) is 16.8 Å². The van der Waals surface area contributed by atoms with Gasteiger partial charge < -0.3 is 5.73 Å². The molecule has 0 aliphatic heterocycles. The molecule has 1 heterocycles. The van der Waals surface area contributed by atoms with Crippen LogP contribution in [0.4, 0.5) is 0 Å². The maximum absolute atomic E-state index is 6.19. The molecule has 1 atom stereocenters. The Morgan fingerprint density at radius 1 is 1.31 bits per heavy atom. The van der Waals surface area contributed by atoms with E-state index in [1.807, 2.05) is 44.4 Å². The second-order valence-corrected chi connectivity index (χ2v) is 4.25. The summed E-state index contributed by atoms with van der Waals surface area (Å²) in [4.78, 5) is 0. The number of nitrogens with zero attached hydrogens (tertiary/aromatic N) is 2. The minimum absolute atomic E-state index is 0.220. The maximum Gasteiger partial charge on any atom is 0.0644 e. The summed E-state index contributed by atoms with van der Waals surface area (Å²) in [7, 11) is 1.88. The first kappa shape index (κ1) is 11.2. The summed E-state index contributed by atoms with van der Waals surface area (Å²) < 4.78 is 1.77. The average Bonchev–Trinajstić information content (AvgIpc) is 2.58. The van der Waals surface area contributed by atoms with Crippen molar-refractivity contribution in [1.82, 2.24) is 9.78 Å². The normalized spacial score (nSPS) is 12.8. The molecule has 0 saturated carbocycles. The number of aromatic nitrogens is 2. The lowest BCUT2D eigenvalue weighted by Crippen LogP contribution is -2.12. The van der Waals surface area contributed by atoms with Crippen LogP contribution in [0.1, 0.15) is 22.9 Å². The van der Waals surface area contributed by atoms with Gasteiger partial charge in [-0.2, -0.15) is 5.10 Å². The Morgan fingerprint density at radius 2 is 2.00 bits per heavy atom. The van der Waals surface area contributed by atoms with Crippen LogP contribution < -0.4 is 5.73 Å². The van der Waals surface area contributed by atoms with Gasteiger partial charge in [-0.05, 0) is 18.6 Å². The molecule has 0 radical (unpaired) electrons. The lowest BCUT2D eigenvalue weighted by Gasteiger charge is -2.12. The Balaban J connectivity index is 2.43. The van der Waals surface area contributed by atoms with Crippen molar-refractivity contribution in [2.45, 2.75) is 13.0 Å². The van der Waals surface area contributed by atoms with Crippen LogP contribution in [0.15, 0.2) is 30.5 Å². The highest BCUT2D eigenvalue weighted by atomic mass is 35.5. The van der Waals surface area contributed by atoms with Crippen LogP contribution in [0.2, 0.25) is 5.02 Å². The topological polar surface area (TPSA) is 43.8 Å². The van der Waals surface area contributed by atoms with E-state index in [0.29, 0.717) is 5.02 Å². The van der Waals surface area contributed by atoms with Crippen molar-refractivity contribution in [3.05, 3.63) is 52.3 Å². The largest absolute Gasteiger partial charge is 0.320 e. The molecule has 16 heavy (non-hydrogen) atoms. The molecule has 4 heteroatoms. The summed E-state index contributed by atoms with van der Waals surface area (Å²) in [5.74, 6) is 0. The fourth-order valence-corrected chi connectivity index (χ4v) is 2.07. The minimum Gasteiger partial charge on any atom is -0.320 e. The first-order valence-corrected chi connectivity index (χ1v) is 5.47. The fourth-order valence-electron chi connectivity index (χ4n) is 1.82. The lowest BCUT2D eigenvalue weighted by molar-refractivity contribution is 0.756. The van der Waals surface area contributed by atoms with E-state index in [1.54, 1.807) is 4.68 Å². The molecule has 0 bridgehead atoms. The first-order chi connectivity index (χ1) is 7.59. The van der Waals surface area contributed by atoms with Crippen molar-refractivity contribution in [3.63, 3.8) is 0 Å². The molecule has 84 valence electrons. The quantitative estimate of drug-likeness (QED) is 0.869. The van der Waals surface area contributed by atoms with Crippen LogP contribution in [0.5, 0.6) is 0 Å². The van der Waals surface area contributed by atoms with Gasteiger partial charge >= 0.3 is 0 Å². The van der Waals surface area contributed by atoms with Gasteiger partial charge in [0.25, 0.3) is 0 Å². The van der Waals surface area contributed by atoms with Gasteiger partial charge in [0.15, 0.2) is 0 Å². The number of hydrogen-bond donors (Lipinski definition) is 1. The Labute approximate surface area is 99.8 Å². The summed E-state index contributed by atoms with van der Waals surface area (Å²) in [5, 5.41) is 4.97. The van der Waals surface area contributed by atoms with Crippen LogP contribution in [0.3, 0.4) is 0 Å². The van der Waals surface area contributed by atoms with Crippen LogP contribution in [-0.4, -0.2) is 9.78 Å². The third-order valence-electron chi connectivity index (χ3n) is 2.63. The number of aryl methyl sites for hydroxylation is 2. The molecule has 2 rings (SSSR count). The van der Waals surface area contributed by atoms with Crippen LogP contribution in [0.25, 0.3) is 0 Å². The fraction of sp³-hybridized carbons (Fsp3) is 0.250. The summed E-state index contributed by atoms with van der Waals surface area (Å²) in [6.07, 6.45) is 1.93. The molecule has 1 aromatic carbocycles. The van der Waals surface area contributed by atoms with Crippen molar-refractivity contribution in [2.24, 2.45) is 12.8 Å². The average molecular weight is 236 g/mol. The third kappa shape index (κ3) is 1.96. The lowest BCUT2D eigenvalue weighted by atomic mass is 10.0. The van der Waals surface area contributed by atoms with Gasteiger partial charge in [-0.25, -0.2) is 0 Å². The van der Waals surface area contributed by atoms with E-state index in [1.165, 1.54) is 0 Å². The van der Waals surface area contributed by atoms with Gasteiger partial charge in [-0.3, -0.25) is 4.68 Å². The molecule has 1 aromatic heterocycles. The predicted octanol–water partition coefficient (Wildman–Crippen LogP) is 2.43. The summed E-state index contributed by atoms with van der Waals surface area (Å²) >= 11 is 6.12. The molecular weight excluding hydrogens is 222 g/mol. The van der Waals surface area contributed by atoms with E-state index in [9.17, 15) is 0 Å². The van der Waals surface area contributed by atoms with Crippen LogP contribution >= 0.6 is 11.6 Å². The number of benzene rings is 1. The smallest absolute Gasteiger partial charge is 0.0644 e. The second-order valence-electron chi connectivity index (χ2n) is 3.84.